The minimum Gasteiger partial charge on any atom is -0.497 e. The van der Waals surface area contributed by atoms with Crippen LogP contribution in [0.5, 0.6) is 23.0 Å². The molecule has 0 radical (unpaired) electrons. The number of carbonyl (C=O) groups is 1. The largest absolute Gasteiger partial charge is 0.497 e. The fourth-order valence-electron chi connectivity index (χ4n) is 5.08. The lowest BCUT2D eigenvalue weighted by Gasteiger charge is -2.38. The molecule has 3 aromatic rings. The van der Waals surface area contributed by atoms with Gasteiger partial charge in [-0.2, -0.15) is 4.98 Å². The molecule has 2 heterocycles. The molecule has 1 aliphatic heterocycles. The van der Waals surface area contributed by atoms with Crippen LogP contribution in [-0.2, 0) is 4.79 Å². The number of ketones is 1. The second-order valence-electron chi connectivity index (χ2n) is 9.75. The van der Waals surface area contributed by atoms with E-state index in [9.17, 15) is 4.79 Å². The van der Waals surface area contributed by atoms with Crippen LogP contribution in [0.3, 0.4) is 0 Å². The Morgan fingerprint density at radius 3 is 2.33 bits per heavy atom. The van der Waals surface area contributed by atoms with Crippen LogP contribution >= 0.6 is 0 Å². The van der Waals surface area contributed by atoms with Crippen LogP contribution in [-0.4, -0.2) is 49.0 Å². The quantitative estimate of drug-likeness (QED) is 0.534. The smallest absolute Gasteiger partial charge is 0.226 e. The van der Waals surface area contributed by atoms with Gasteiger partial charge < -0.3 is 24.3 Å². The fourth-order valence-corrected chi connectivity index (χ4v) is 5.08. The molecule has 1 aromatic heterocycles. The number of hydrogen-bond donors (Lipinski definition) is 1. The molecule has 1 N–H and O–H groups in total. The first-order valence-electron chi connectivity index (χ1n) is 11.7. The minimum absolute atomic E-state index is 0.0781. The van der Waals surface area contributed by atoms with E-state index in [0.717, 1.165) is 16.8 Å². The van der Waals surface area contributed by atoms with Crippen molar-refractivity contribution >= 4 is 11.7 Å². The first-order chi connectivity index (χ1) is 17.3. The number of hydrogen-bond acceptors (Lipinski definition) is 8. The first-order valence-corrected chi connectivity index (χ1v) is 11.7. The van der Waals surface area contributed by atoms with Crippen LogP contribution in [0.1, 0.15) is 38.3 Å². The molecular weight excluding hydrogens is 460 g/mol. The summed E-state index contributed by atoms with van der Waals surface area (Å²) in [5.41, 5.74) is 2.88. The molecule has 188 valence electrons. The molecule has 0 unspecified atom stereocenters. The zero-order valence-electron chi connectivity index (χ0n) is 21.3. The van der Waals surface area contributed by atoms with E-state index < -0.39 is 6.04 Å². The first kappa shape index (κ1) is 23.7. The number of carbonyl (C=O) groups excluding carboxylic acids is 1. The molecule has 1 atom stereocenters. The number of benzene rings is 2. The molecule has 2 aromatic carbocycles. The van der Waals surface area contributed by atoms with Gasteiger partial charge in [-0.3, -0.25) is 4.79 Å². The Labute approximate surface area is 210 Å². The second kappa shape index (κ2) is 8.89. The summed E-state index contributed by atoms with van der Waals surface area (Å²) in [5, 5.41) is 8.28. The van der Waals surface area contributed by atoms with Crippen LogP contribution in [0, 0.1) is 5.41 Å². The van der Waals surface area contributed by atoms with E-state index in [1.54, 1.807) is 39.2 Å². The number of nitrogens with zero attached hydrogens (tertiary/aromatic N) is 3. The van der Waals surface area contributed by atoms with E-state index in [1.807, 2.05) is 30.3 Å². The summed E-state index contributed by atoms with van der Waals surface area (Å²) < 4.78 is 24.0. The number of anilines is 1. The maximum atomic E-state index is 13.6. The van der Waals surface area contributed by atoms with Crippen LogP contribution in [0.4, 0.5) is 5.95 Å². The van der Waals surface area contributed by atoms with Crippen LogP contribution in [0.2, 0.25) is 0 Å². The third-order valence-corrected chi connectivity index (χ3v) is 6.67. The highest BCUT2D eigenvalue weighted by molar-refractivity contribution is 6.00. The van der Waals surface area contributed by atoms with E-state index in [1.165, 1.54) is 0 Å². The molecule has 36 heavy (non-hydrogen) atoms. The van der Waals surface area contributed by atoms with Crippen molar-refractivity contribution in [2.24, 2.45) is 5.41 Å². The fraction of sp³-hybridized carbons (Fsp3) is 0.370. The number of nitrogens with one attached hydrogen (secondary N) is 1. The second-order valence-corrected chi connectivity index (χ2v) is 9.75. The lowest BCUT2D eigenvalue weighted by atomic mass is 9.73. The van der Waals surface area contributed by atoms with Crippen molar-refractivity contribution in [1.82, 2.24) is 14.8 Å². The summed E-state index contributed by atoms with van der Waals surface area (Å²) in [5.74, 6) is 3.51. The lowest BCUT2D eigenvalue weighted by Crippen LogP contribution is -2.36. The summed E-state index contributed by atoms with van der Waals surface area (Å²) in [7, 11) is 6.39. The van der Waals surface area contributed by atoms with Crippen molar-refractivity contribution in [3.05, 3.63) is 53.2 Å². The van der Waals surface area contributed by atoms with E-state index in [0.29, 0.717) is 53.2 Å². The summed E-state index contributed by atoms with van der Waals surface area (Å²) in [6, 6.07) is 10.6. The Bertz CT molecular complexity index is 1350. The van der Waals surface area contributed by atoms with Crippen LogP contribution in [0.25, 0.3) is 11.4 Å². The van der Waals surface area contributed by atoms with Gasteiger partial charge in [0.05, 0.1) is 28.4 Å². The molecule has 9 nitrogen and oxygen atoms in total. The topological polar surface area (TPSA) is 96.7 Å². The number of para-hydroxylation sites is 1. The highest BCUT2D eigenvalue weighted by Crippen LogP contribution is 2.48. The van der Waals surface area contributed by atoms with Gasteiger partial charge in [0.2, 0.25) is 5.95 Å². The lowest BCUT2D eigenvalue weighted by molar-refractivity contribution is -0.118. The Kier molecular flexibility index (Phi) is 5.86. The predicted molar refractivity (Wildman–Crippen MR) is 135 cm³/mol. The third kappa shape index (κ3) is 3.94. The molecule has 2 aliphatic rings. The number of rotatable bonds is 6. The van der Waals surface area contributed by atoms with Gasteiger partial charge in [-0.25, -0.2) is 4.68 Å². The normalized spacial score (nSPS) is 18.2. The zero-order valence-corrected chi connectivity index (χ0v) is 21.3. The molecule has 9 heteroatoms. The Morgan fingerprint density at radius 1 is 0.972 bits per heavy atom. The van der Waals surface area contributed by atoms with Crippen LogP contribution in [0.15, 0.2) is 47.7 Å². The maximum absolute atomic E-state index is 13.6. The predicted octanol–water partition coefficient (Wildman–Crippen LogP) is 4.64. The maximum Gasteiger partial charge on any atom is 0.226 e. The SMILES string of the molecule is COc1cc(OC)cc(-c2nc3n(n2)[C@@H](c2cccc(OC)c2OC)C2=C(CC(C)(C)CC2=O)N3)c1. The summed E-state index contributed by atoms with van der Waals surface area (Å²) in [6.07, 6.45) is 1.16. The number of ether oxygens (including phenoxy) is 4. The summed E-state index contributed by atoms with van der Waals surface area (Å²) in [6.45, 7) is 4.20. The van der Waals surface area contributed by atoms with Gasteiger partial charge in [0.1, 0.15) is 17.5 Å². The number of allylic oxidation sites excluding steroid dienone is 2. The van der Waals surface area contributed by atoms with Crippen molar-refractivity contribution in [3.8, 4) is 34.4 Å². The zero-order chi connectivity index (χ0) is 25.6. The Hall–Kier alpha value is -4.01. The van der Waals surface area contributed by atoms with Crippen molar-refractivity contribution < 1.29 is 23.7 Å². The van der Waals surface area contributed by atoms with E-state index in [4.69, 9.17) is 29.0 Å². The summed E-state index contributed by atoms with van der Waals surface area (Å²) >= 11 is 0. The molecule has 1 aliphatic carbocycles. The molecule has 0 amide bonds. The molecule has 0 bridgehead atoms. The van der Waals surface area contributed by atoms with Crippen molar-refractivity contribution in [3.63, 3.8) is 0 Å². The highest BCUT2D eigenvalue weighted by atomic mass is 16.5. The number of aromatic nitrogens is 3. The molecule has 0 saturated heterocycles. The minimum atomic E-state index is -0.529. The van der Waals surface area contributed by atoms with Gasteiger partial charge >= 0.3 is 0 Å². The average Bonchev–Trinajstić information content (AvgIpc) is 3.29. The van der Waals surface area contributed by atoms with Gasteiger partial charge in [0, 0.05) is 34.9 Å². The van der Waals surface area contributed by atoms with Gasteiger partial charge in [0.15, 0.2) is 23.1 Å². The van der Waals surface area contributed by atoms with Gasteiger partial charge in [-0.05, 0) is 30.0 Å². The monoisotopic (exact) mass is 490 g/mol. The van der Waals surface area contributed by atoms with Gasteiger partial charge in [-0.1, -0.05) is 26.0 Å². The van der Waals surface area contributed by atoms with Gasteiger partial charge in [-0.15, -0.1) is 5.10 Å². The molecule has 5 rings (SSSR count). The van der Waals surface area contributed by atoms with E-state index >= 15 is 0 Å². The third-order valence-electron chi connectivity index (χ3n) is 6.67. The standard InChI is InChI=1S/C27H30N4O5/c1-27(2)13-19-22(20(32)14-27)23(18-8-7-9-21(35-5)24(18)36-6)31-26(28-19)29-25(30-31)15-10-16(33-3)12-17(11-15)34-4/h7-12,23H,13-14H2,1-6H3,(H,28,29,30)/t23-/m0/s1. The molecule has 0 spiro atoms. The summed E-state index contributed by atoms with van der Waals surface area (Å²) in [4.78, 5) is 18.4. The number of Topliss-reactive ketones (excluding diaryl/α,β-unsaturated/α-hetero) is 1. The van der Waals surface area contributed by atoms with Crippen LogP contribution < -0.4 is 24.3 Å². The Balaban J connectivity index is 1.72. The molecule has 0 fully saturated rings. The van der Waals surface area contributed by atoms with Gasteiger partial charge in [0.25, 0.3) is 0 Å². The molecular formula is C27H30N4O5. The van der Waals surface area contributed by atoms with E-state index in [2.05, 4.69) is 19.2 Å². The Morgan fingerprint density at radius 2 is 1.69 bits per heavy atom. The highest BCUT2D eigenvalue weighted by Gasteiger charge is 2.43. The van der Waals surface area contributed by atoms with E-state index in [-0.39, 0.29) is 11.2 Å². The van der Waals surface area contributed by atoms with Crippen molar-refractivity contribution in [2.75, 3.05) is 33.8 Å². The number of fused-ring (bicyclic) bond motifs is 1. The average molecular weight is 491 g/mol. The number of methoxy groups -OCH3 is 4. The van der Waals surface area contributed by atoms with Crippen molar-refractivity contribution in [1.29, 1.82) is 0 Å². The van der Waals surface area contributed by atoms with Crippen molar-refractivity contribution in [2.45, 2.75) is 32.7 Å². The molecule has 0 saturated carbocycles.